The molecule has 2 heterocycles. The summed E-state index contributed by atoms with van der Waals surface area (Å²) in [5.74, 6) is 0. The van der Waals surface area contributed by atoms with Crippen LogP contribution in [0.3, 0.4) is 0 Å². The molecule has 2 aromatic heterocycles. The molecule has 75 heavy (non-hydrogen) atoms. The summed E-state index contributed by atoms with van der Waals surface area (Å²) in [5, 5.41) is 4.90. The predicted octanol–water partition coefficient (Wildman–Crippen LogP) is 19.7. The molecule has 0 bridgehead atoms. The van der Waals surface area contributed by atoms with Crippen LogP contribution in [-0.4, -0.2) is 9.13 Å². The maximum atomic E-state index is 2.43. The molecule has 0 amide bonds. The molecule has 14 rings (SSSR count). The molecule has 0 radical (unpaired) electrons. The Balaban J connectivity index is 0.959. The second-order valence-electron chi connectivity index (χ2n) is 19.4. The molecular weight excluding hydrogens is 907 g/mol. The van der Waals surface area contributed by atoms with Gasteiger partial charge in [0.05, 0.1) is 22.1 Å². The van der Waals surface area contributed by atoms with Crippen molar-refractivity contribution in [1.29, 1.82) is 0 Å². The van der Waals surface area contributed by atoms with Crippen LogP contribution < -0.4 is 4.90 Å². The van der Waals surface area contributed by atoms with Crippen LogP contribution in [0.15, 0.2) is 297 Å². The maximum Gasteiger partial charge on any atom is 0.0547 e. The molecular formula is C72H49N3. The number of aromatic nitrogens is 2. The van der Waals surface area contributed by atoms with Gasteiger partial charge in [-0.2, -0.15) is 0 Å². The van der Waals surface area contributed by atoms with Crippen molar-refractivity contribution in [2.75, 3.05) is 4.90 Å². The highest BCUT2D eigenvalue weighted by molar-refractivity contribution is 6.12. The summed E-state index contributed by atoms with van der Waals surface area (Å²) in [6.45, 7) is 0. The van der Waals surface area contributed by atoms with E-state index in [-0.39, 0.29) is 0 Å². The SMILES string of the molecule is c1ccc(-c2ccc(N(c3ccccc3)c3cccc(-c4cc(-c5ccc6c(c5)c5ccccc5n6-c5ccccc5)cc(-c5ccc6c7cc(-c8ccccc8)ccc7n(-c7ccccc7)c6c5)c4)c3)cc2)cc1. The van der Waals surface area contributed by atoms with E-state index in [4.69, 9.17) is 0 Å². The van der Waals surface area contributed by atoms with Gasteiger partial charge >= 0.3 is 0 Å². The molecule has 0 atom stereocenters. The number of rotatable bonds is 10. The lowest BCUT2D eigenvalue weighted by Gasteiger charge is -2.26. The summed E-state index contributed by atoms with van der Waals surface area (Å²) in [6.07, 6.45) is 0. The fourth-order valence-corrected chi connectivity index (χ4v) is 11.3. The van der Waals surface area contributed by atoms with Crippen molar-refractivity contribution in [3.8, 4) is 67.0 Å². The standard InChI is InChI=1S/C72H49N3/c1-6-19-50(20-7-1)52-33-38-63(39-34-52)73(60-24-10-3-11-25-60)64-30-18-23-53(46-64)57-43-58(55-37-42-70-67(48-55)65-31-16-17-32-69(65)74(70)61-26-12-4-13-27-61)45-59(44-57)56-35-40-66-68-47-54(51-21-8-2-9-22-51)36-41-71(68)75(72(66)49-56)62-28-14-5-15-29-62/h1-49H. The highest BCUT2D eigenvalue weighted by atomic mass is 15.1. The zero-order valence-corrected chi connectivity index (χ0v) is 41.1. The van der Waals surface area contributed by atoms with E-state index in [1.807, 2.05) is 0 Å². The first-order chi connectivity index (χ1) is 37.2. The van der Waals surface area contributed by atoms with Crippen molar-refractivity contribution in [2.24, 2.45) is 0 Å². The zero-order valence-electron chi connectivity index (χ0n) is 41.1. The number of nitrogens with zero attached hydrogens (tertiary/aromatic N) is 3. The third-order valence-corrected chi connectivity index (χ3v) is 14.9. The van der Waals surface area contributed by atoms with Crippen LogP contribution in [0.2, 0.25) is 0 Å². The van der Waals surface area contributed by atoms with Gasteiger partial charge in [-0.05, 0) is 171 Å². The molecule has 3 heteroatoms. The summed E-state index contributed by atoms with van der Waals surface area (Å²) in [6, 6.07) is 108. The van der Waals surface area contributed by atoms with Crippen molar-refractivity contribution in [3.05, 3.63) is 297 Å². The van der Waals surface area contributed by atoms with Gasteiger partial charge in [0.15, 0.2) is 0 Å². The van der Waals surface area contributed by atoms with E-state index in [1.165, 1.54) is 65.9 Å². The first-order valence-electron chi connectivity index (χ1n) is 25.7. The van der Waals surface area contributed by atoms with E-state index in [9.17, 15) is 0 Å². The van der Waals surface area contributed by atoms with Gasteiger partial charge in [-0.25, -0.2) is 0 Å². The van der Waals surface area contributed by atoms with E-state index >= 15 is 0 Å². The fraction of sp³-hybridized carbons (Fsp3) is 0. The molecule has 0 unspecified atom stereocenters. The van der Waals surface area contributed by atoms with Crippen LogP contribution in [0.4, 0.5) is 17.1 Å². The number of hydrogen-bond donors (Lipinski definition) is 0. The number of fused-ring (bicyclic) bond motifs is 6. The molecule has 0 aliphatic carbocycles. The Bertz CT molecular complexity index is 4370. The van der Waals surface area contributed by atoms with Crippen LogP contribution >= 0.6 is 0 Å². The normalized spacial score (nSPS) is 11.5. The summed E-state index contributed by atoms with van der Waals surface area (Å²) in [5.41, 5.74) is 22.0. The molecule has 0 aliphatic rings. The summed E-state index contributed by atoms with van der Waals surface area (Å²) in [4.78, 5) is 2.36. The third-order valence-electron chi connectivity index (χ3n) is 14.9. The minimum Gasteiger partial charge on any atom is -0.310 e. The largest absolute Gasteiger partial charge is 0.310 e. The second-order valence-corrected chi connectivity index (χ2v) is 19.4. The van der Waals surface area contributed by atoms with E-state index in [0.717, 1.165) is 61.8 Å². The van der Waals surface area contributed by atoms with Crippen LogP contribution in [-0.2, 0) is 0 Å². The molecule has 0 aliphatic heterocycles. The summed E-state index contributed by atoms with van der Waals surface area (Å²) in [7, 11) is 0. The Hall–Kier alpha value is -9.96. The molecule has 3 nitrogen and oxygen atoms in total. The van der Waals surface area contributed by atoms with E-state index in [1.54, 1.807) is 0 Å². The smallest absolute Gasteiger partial charge is 0.0547 e. The van der Waals surface area contributed by atoms with Crippen LogP contribution in [0.1, 0.15) is 0 Å². The lowest BCUT2D eigenvalue weighted by Crippen LogP contribution is -2.09. The van der Waals surface area contributed by atoms with E-state index < -0.39 is 0 Å². The molecule has 14 aromatic rings. The number of benzene rings is 12. The van der Waals surface area contributed by atoms with Gasteiger partial charge < -0.3 is 14.0 Å². The second kappa shape index (κ2) is 18.6. The summed E-state index contributed by atoms with van der Waals surface area (Å²) < 4.78 is 4.82. The first-order valence-corrected chi connectivity index (χ1v) is 25.7. The highest BCUT2D eigenvalue weighted by Crippen LogP contribution is 2.43. The lowest BCUT2D eigenvalue weighted by molar-refractivity contribution is 1.18. The van der Waals surface area contributed by atoms with Crippen LogP contribution in [0, 0.1) is 0 Å². The quantitative estimate of drug-likeness (QED) is 0.133. The molecule has 0 saturated carbocycles. The number of para-hydroxylation sites is 4. The fourth-order valence-electron chi connectivity index (χ4n) is 11.3. The average molecular weight is 956 g/mol. The van der Waals surface area contributed by atoms with Gasteiger partial charge in [0.1, 0.15) is 0 Å². The molecule has 0 spiro atoms. The van der Waals surface area contributed by atoms with E-state index in [2.05, 4.69) is 311 Å². The minimum atomic E-state index is 1.08. The predicted molar refractivity (Wildman–Crippen MR) is 317 cm³/mol. The van der Waals surface area contributed by atoms with Gasteiger partial charge in [-0.15, -0.1) is 0 Å². The topological polar surface area (TPSA) is 13.1 Å². The molecule has 352 valence electrons. The van der Waals surface area contributed by atoms with Crippen molar-refractivity contribution in [1.82, 2.24) is 9.13 Å². The van der Waals surface area contributed by atoms with Gasteiger partial charge in [0.25, 0.3) is 0 Å². The lowest BCUT2D eigenvalue weighted by atomic mass is 9.92. The van der Waals surface area contributed by atoms with Gasteiger partial charge in [-0.3, -0.25) is 0 Å². The summed E-state index contributed by atoms with van der Waals surface area (Å²) >= 11 is 0. The van der Waals surface area contributed by atoms with Crippen molar-refractivity contribution in [2.45, 2.75) is 0 Å². The zero-order chi connectivity index (χ0) is 49.7. The van der Waals surface area contributed by atoms with Crippen LogP contribution in [0.25, 0.3) is 111 Å². The molecule has 0 saturated heterocycles. The molecule has 0 fully saturated rings. The number of anilines is 3. The van der Waals surface area contributed by atoms with Gasteiger partial charge in [-0.1, -0.05) is 182 Å². The van der Waals surface area contributed by atoms with Gasteiger partial charge in [0, 0.05) is 50.0 Å². The molecule has 12 aromatic carbocycles. The Labute approximate surface area is 436 Å². The van der Waals surface area contributed by atoms with Crippen LogP contribution in [0.5, 0.6) is 0 Å². The Morgan fingerprint density at radius 3 is 1.16 bits per heavy atom. The highest BCUT2D eigenvalue weighted by Gasteiger charge is 2.19. The van der Waals surface area contributed by atoms with E-state index in [0.29, 0.717) is 0 Å². The average Bonchev–Trinajstić information content (AvgIpc) is 4.02. The molecule has 0 N–H and O–H groups in total. The van der Waals surface area contributed by atoms with Crippen molar-refractivity contribution in [3.63, 3.8) is 0 Å². The number of hydrogen-bond acceptors (Lipinski definition) is 1. The maximum absolute atomic E-state index is 2.43. The van der Waals surface area contributed by atoms with Crippen molar-refractivity contribution < 1.29 is 0 Å². The first kappa shape index (κ1) is 43.8. The monoisotopic (exact) mass is 955 g/mol. The van der Waals surface area contributed by atoms with Crippen molar-refractivity contribution >= 4 is 60.7 Å². The minimum absolute atomic E-state index is 1.08. The van der Waals surface area contributed by atoms with Gasteiger partial charge in [0.2, 0.25) is 0 Å². The Kier molecular flexibility index (Phi) is 10.8. The third kappa shape index (κ3) is 7.95. The Morgan fingerprint density at radius 2 is 0.560 bits per heavy atom. The Morgan fingerprint density at radius 1 is 0.187 bits per heavy atom.